The van der Waals surface area contributed by atoms with E-state index in [1.54, 1.807) is 11.3 Å². The Morgan fingerprint density at radius 3 is 2.71 bits per heavy atom. The Bertz CT molecular complexity index is 1170. The monoisotopic (exact) mass is 350 g/mol. The standard InChI is InChI=1S/C18H11ClN4S/c1-10-2-7-13-14(8-10)20-17-16(13)22-23-15(9-24-18(23)21-17)11-3-5-12(19)6-4-11/h2-9H,1H3. The van der Waals surface area contributed by atoms with Crippen LogP contribution in [0.2, 0.25) is 5.02 Å². The second-order valence-electron chi connectivity index (χ2n) is 5.74. The molecule has 0 fully saturated rings. The van der Waals surface area contributed by atoms with Crippen molar-refractivity contribution >= 4 is 38.8 Å². The summed E-state index contributed by atoms with van der Waals surface area (Å²) in [6, 6.07) is 14.0. The summed E-state index contributed by atoms with van der Waals surface area (Å²) in [6.07, 6.45) is 0. The first-order valence-electron chi connectivity index (χ1n) is 7.49. The average Bonchev–Trinajstić information content (AvgIpc) is 3.13. The normalized spacial score (nSPS) is 11.8. The van der Waals surface area contributed by atoms with Gasteiger partial charge in [-0.25, -0.2) is 9.50 Å². The molecule has 4 nitrogen and oxygen atoms in total. The highest BCUT2D eigenvalue weighted by molar-refractivity contribution is 7.15. The summed E-state index contributed by atoms with van der Waals surface area (Å²) < 4.78 is 1.89. The third-order valence-corrected chi connectivity index (χ3v) is 5.14. The topological polar surface area (TPSA) is 43.1 Å². The first-order valence-corrected chi connectivity index (χ1v) is 8.75. The van der Waals surface area contributed by atoms with Crippen LogP contribution in [0.1, 0.15) is 5.56 Å². The number of nitrogens with zero attached hydrogens (tertiary/aromatic N) is 4. The van der Waals surface area contributed by atoms with Gasteiger partial charge in [-0.1, -0.05) is 35.9 Å². The van der Waals surface area contributed by atoms with E-state index in [2.05, 4.69) is 35.5 Å². The molecule has 2 aromatic carbocycles. The van der Waals surface area contributed by atoms with Crippen molar-refractivity contribution in [2.75, 3.05) is 0 Å². The van der Waals surface area contributed by atoms with E-state index in [4.69, 9.17) is 21.7 Å². The zero-order valence-electron chi connectivity index (χ0n) is 12.7. The quantitative estimate of drug-likeness (QED) is 0.423. The highest BCUT2D eigenvalue weighted by atomic mass is 35.5. The van der Waals surface area contributed by atoms with E-state index in [9.17, 15) is 0 Å². The van der Waals surface area contributed by atoms with Crippen molar-refractivity contribution < 1.29 is 0 Å². The van der Waals surface area contributed by atoms with Gasteiger partial charge in [0.1, 0.15) is 5.69 Å². The molecule has 24 heavy (non-hydrogen) atoms. The molecule has 6 heteroatoms. The van der Waals surface area contributed by atoms with Gasteiger partial charge in [0, 0.05) is 21.4 Å². The molecule has 2 aliphatic rings. The van der Waals surface area contributed by atoms with Gasteiger partial charge in [0.2, 0.25) is 4.96 Å². The number of hydrogen-bond acceptors (Lipinski definition) is 4. The van der Waals surface area contributed by atoms with E-state index in [1.807, 2.05) is 28.8 Å². The second kappa shape index (κ2) is 5.00. The SMILES string of the molecule is Cc1ccc2c3nn4c(-c5ccc(Cl)cc5)csc4nc-3nc2c1. The molecule has 3 heterocycles. The van der Waals surface area contributed by atoms with E-state index in [-0.39, 0.29) is 0 Å². The summed E-state index contributed by atoms with van der Waals surface area (Å²) in [7, 11) is 0. The van der Waals surface area contributed by atoms with Crippen LogP contribution in [0.15, 0.2) is 47.8 Å². The largest absolute Gasteiger partial charge is 0.226 e. The first kappa shape index (κ1) is 13.9. The van der Waals surface area contributed by atoms with Crippen molar-refractivity contribution in [3.63, 3.8) is 0 Å². The van der Waals surface area contributed by atoms with Crippen molar-refractivity contribution in [3.05, 3.63) is 58.4 Å². The maximum atomic E-state index is 5.99. The summed E-state index contributed by atoms with van der Waals surface area (Å²) in [5.41, 5.74) is 5.01. The lowest BCUT2D eigenvalue weighted by Gasteiger charge is -2.03. The van der Waals surface area contributed by atoms with Crippen molar-refractivity contribution in [2.45, 2.75) is 6.92 Å². The number of hydrogen-bond donors (Lipinski definition) is 0. The molecule has 0 aliphatic carbocycles. The average molecular weight is 351 g/mol. The molecule has 0 amide bonds. The molecule has 2 aliphatic heterocycles. The van der Waals surface area contributed by atoms with Crippen LogP contribution < -0.4 is 0 Å². The van der Waals surface area contributed by atoms with Gasteiger partial charge in [-0.3, -0.25) is 0 Å². The van der Waals surface area contributed by atoms with Gasteiger partial charge in [-0.2, -0.15) is 10.1 Å². The summed E-state index contributed by atoms with van der Waals surface area (Å²) in [5, 5.41) is 8.64. The van der Waals surface area contributed by atoms with Gasteiger partial charge in [-0.05, 0) is 30.7 Å². The first-order chi connectivity index (χ1) is 11.7. The number of fused-ring (bicyclic) bond motifs is 4. The Balaban J connectivity index is 1.82. The predicted molar refractivity (Wildman–Crippen MR) is 98.0 cm³/mol. The lowest BCUT2D eigenvalue weighted by molar-refractivity contribution is 0.926. The maximum absolute atomic E-state index is 5.99. The summed E-state index contributed by atoms with van der Waals surface area (Å²) in [4.78, 5) is 10.1. The predicted octanol–water partition coefficient (Wildman–Crippen LogP) is 5.07. The van der Waals surface area contributed by atoms with Crippen LogP contribution in [-0.4, -0.2) is 19.6 Å². The van der Waals surface area contributed by atoms with Crippen LogP contribution in [0.3, 0.4) is 0 Å². The molecular formula is C18H11ClN4S. The van der Waals surface area contributed by atoms with Crippen molar-refractivity contribution in [1.82, 2.24) is 19.6 Å². The van der Waals surface area contributed by atoms with Crippen LogP contribution in [0, 0.1) is 6.92 Å². The number of benzene rings is 2. The third-order valence-electron chi connectivity index (χ3n) is 4.07. The Morgan fingerprint density at radius 2 is 1.88 bits per heavy atom. The fourth-order valence-corrected chi connectivity index (χ4v) is 3.84. The number of aromatic nitrogens is 4. The Hall–Kier alpha value is -2.50. The molecule has 0 saturated carbocycles. The molecule has 0 atom stereocenters. The summed E-state index contributed by atoms with van der Waals surface area (Å²) >= 11 is 7.55. The van der Waals surface area contributed by atoms with Crippen molar-refractivity contribution in [2.24, 2.45) is 0 Å². The van der Waals surface area contributed by atoms with Gasteiger partial charge in [-0.15, -0.1) is 11.3 Å². The van der Waals surface area contributed by atoms with Gasteiger partial charge in [0.15, 0.2) is 5.82 Å². The molecule has 0 spiro atoms. The molecule has 0 radical (unpaired) electrons. The Labute approximate surface area is 146 Å². The number of aryl methyl sites for hydroxylation is 1. The van der Waals surface area contributed by atoms with Crippen LogP contribution in [0.25, 0.3) is 38.6 Å². The number of rotatable bonds is 1. The van der Waals surface area contributed by atoms with Crippen LogP contribution >= 0.6 is 22.9 Å². The minimum Gasteiger partial charge on any atom is -0.226 e. The summed E-state index contributed by atoms with van der Waals surface area (Å²) in [6.45, 7) is 2.06. The van der Waals surface area contributed by atoms with E-state index >= 15 is 0 Å². The molecular weight excluding hydrogens is 340 g/mol. The highest BCUT2D eigenvalue weighted by Crippen LogP contribution is 2.32. The smallest absolute Gasteiger partial charge is 0.213 e. The van der Waals surface area contributed by atoms with Crippen LogP contribution in [0.4, 0.5) is 0 Å². The molecule has 3 aromatic rings. The maximum Gasteiger partial charge on any atom is 0.213 e. The van der Waals surface area contributed by atoms with E-state index in [0.29, 0.717) is 5.82 Å². The van der Waals surface area contributed by atoms with E-state index < -0.39 is 0 Å². The van der Waals surface area contributed by atoms with Gasteiger partial charge >= 0.3 is 0 Å². The molecule has 1 aromatic heterocycles. The van der Waals surface area contributed by atoms with Crippen molar-refractivity contribution in [1.29, 1.82) is 0 Å². The molecule has 0 unspecified atom stereocenters. The fourth-order valence-electron chi connectivity index (χ4n) is 2.88. The van der Waals surface area contributed by atoms with E-state index in [0.717, 1.165) is 37.8 Å². The molecule has 0 saturated heterocycles. The highest BCUT2D eigenvalue weighted by Gasteiger charge is 2.18. The second-order valence-corrected chi connectivity index (χ2v) is 7.01. The molecule has 0 bridgehead atoms. The number of halogens is 1. The zero-order chi connectivity index (χ0) is 16.3. The molecule has 5 rings (SSSR count). The van der Waals surface area contributed by atoms with Crippen LogP contribution in [-0.2, 0) is 0 Å². The zero-order valence-corrected chi connectivity index (χ0v) is 14.3. The summed E-state index contributed by atoms with van der Waals surface area (Å²) in [5.74, 6) is 0.695. The molecule has 116 valence electrons. The fraction of sp³-hybridized carbons (Fsp3) is 0.0556. The minimum absolute atomic E-state index is 0.695. The minimum atomic E-state index is 0.695. The van der Waals surface area contributed by atoms with Crippen molar-refractivity contribution in [3.8, 4) is 22.8 Å². The van der Waals surface area contributed by atoms with Gasteiger partial charge in [0.05, 0.1) is 11.2 Å². The lowest BCUT2D eigenvalue weighted by Crippen LogP contribution is -1.99. The van der Waals surface area contributed by atoms with Gasteiger partial charge < -0.3 is 0 Å². The Kier molecular flexibility index (Phi) is 2.89. The van der Waals surface area contributed by atoms with Gasteiger partial charge in [0.25, 0.3) is 0 Å². The Morgan fingerprint density at radius 1 is 1.04 bits per heavy atom. The number of thiazole rings is 1. The van der Waals surface area contributed by atoms with Crippen LogP contribution in [0.5, 0.6) is 0 Å². The van der Waals surface area contributed by atoms with E-state index in [1.165, 1.54) is 5.56 Å². The third kappa shape index (κ3) is 2.02. The lowest BCUT2D eigenvalue weighted by atomic mass is 10.1. The molecule has 0 N–H and O–H groups in total.